The van der Waals surface area contributed by atoms with Gasteiger partial charge in [0.25, 0.3) is 0 Å². The second kappa shape index (κ2) is 6.73. The Bertz CT molecular complexity index is 609. The predicted molar refractivity (Wildman–Crippen MR) is 94.6 cm³/mol. The normalized spacial score (nSPS) is 21.7. The first-order valence-corrected chi connectivity index (χ1v) is 8.84. The molecule has 1 aromatic rings. The predicted octanol–water partition coefficient (Wildman–Crippen LogP) is 2.21. The van der Waals surface area contributed by atoms with Gasteiger partial charge in [-0.2, -0.15) is 0 Å². The maximum absolute atomic E-state index is 12.9. The molecule has 1 unspecified atom stereocenters. The molecule has 2 aliphatic heterocycles. The molecule has 1 amide bonds. The van der Waals surface area contributed by atoms with Crippen molar-refractivity contribution >= 4 is 11.6 Å². The summed E-state index contributed by atoms with van der Waals surface area (Å²) in [5, 5.41) is 10.3. The molecule has 0 aromatic heterocycles. The summed E-state index contributed by atoms with van der Waals surface area (Å²) in [7, 11) is 1.66. The number of carbonyl (C=O) groups excluding carboxylic acids is 1. The molecule has 132 valence electrons. The van der Waals surface area contributed by atoms with Crippen LogP contribution in [0.5, 0.6) is 5.75 Å². The van der Waals surface area contributed by atoms with Gasteiger partial charge in [0.2, 0.25) is 5.91 Å². The van der Waals surface area contributed by atoms with E-state index in [0.717, 1.165) is 50.2 Å². The van der Waals surface area contributed by atoms with Gasteiger partial charge in [-0.05, 0) is 69.8 Å². The molecule has 5 nitrogen and oxygen atoms in total. The standard InChI is InChI=1S/C19H28N2O3/c1-19(2,23)17-7-5-10-20(17)13-18(22)21-11-4-6-14-12-15(24-3)8-9-16(14)21/h8-9,12,17,23H,4-7,10-11,13H2,1-3H3. The molecule has 0 radical (unpaired) electrons. The van der Waals surface area contributed by atoms with E-state index >= 15 is 0 Å². The number of aliphatic hydroxyl groups is 1. The lowest BCUT2D eigenvalue weighted by molar-refractivity contribution is -0.121. The Labute approximate surface area is 144 Å². The lowest BCUT2D eigenvalue weighted by Crippen LogP contribution is -2.50. The molecule has 0 saturated carbocycles. The molecule has 1 fully saturated rings. The molecule has 1 aromatic carbocycles. The first-order chi connectivity index (χ1) is 11.4. The summed E-state index contributed by atoms with van der Waals surface area (Å²) in [6.45, 7) is 5.69. The number of benzene rings is 1. The van der Waals surface area contributed by atoms with Gasteiger partial charge < -0.3 is 14.7 Å². The molecule has 1 N–H and O–H groups in total. The SMILES string of the molecule is COc1ccc2c(c1)CCCN2C(=O)CN1CCCC1C(C)(C)O. The Kier molecular flexibility index (Phi) is 4.83. The van der Waals surface area contributed by atoms with Crippen molar-refractivity contribution in [1.29, 1.82) is 0 Å². The molecule has 0 spiro atoms. The minimum Gasteiger partial charge on any atom is -0.497 e. The molecular weight excluding hydrogens is 304 g/mol. The van der Waals surface area contributed by atoms with Crippen LogP contribution in [-0.4, -0.2) is 54.3 Å². The highest BCUT2D eigenvalue weighted by Gasteiger charge is 2.37. The Morgan fingerprint density at radius 3 is 2.83 bits per heavy atom. The van der Waals surface area contributed by atoms with E-state index in [1.165, 1.54) is 5.56 Å². The maximum Gasteiger partial charge on any atom is 0.241 e. The van der Waals surface area contributed by atoms with Crippen LogP contribution in [0.4, 0.5) is 5.69 Å². The monoisotopic (exact) mass is 332 g/mol. The van der Waals surface area contributed by atoms with Gasteiger partial charge in [0.1, 0.15) is 5.75 Å². The minimum atomic E-state index is -0.774. The fraction of sp³-hybridized carbons (Fsp3) is 0.632. The highest BCUT2D eigenvalue weighted by atomic mass is 16.5. The summed E-state index contributed by atoms with van der Waals surface area (Å²) in [6, 6.07) is 5.99. The molecule has 3 rings (SSSR count). The number of hydrogen-bond acceptors (Lipinski definition) is 4. The van der Waals surface area contributed by atoms with E-state index in [4.69, 9.17) is 4.74 Å². The largest absolute Gasteiger partial charge is 0.497 e. The van der Waals surface area contributed by atoms with Crippen molar-refractivity contribution in [3.63, 3.8) is 0 Å². The van der Waals surface area contributed by atoms with Crippen molar-refractivity contribution in [2.45, 2.75) is 51.2 Å². The first kappa shape index (κ1) is 17.2. The number of aryl methyl sites for hydroxylation is 1. The summed E-state index contributed by atoms with van der Waals surface area (Å²) in [5.41, 5.74) is 1.41. The van der Waals surface area contributed by atoms with Gasteiger partial charge in [-0.3, -0.25) is 9.69 Å². The zero-order valence-corrected chi connectivity index (χ0v) is 14.9. The number of rotatable bonds is 4. The number of carbonyl (C=O) groups is 1. The highest BCUT2D eigenvalue weighted by molar-refractivity contribution is 5.96. The summed E-state index contributed by atoms with van der Waals surface area (Å²) in [4.78, 5) is 17.0. The van der Waals surface area contributed by atoms with Gasteiger partial charge in [-0.15, -0.1) is 0 Å². The highest BCUT2D eigenvalue weighted by Crippen LogP contribution is 2.32. The second-order valence-corrected chi connectivity index (χ2v) is 7.43. The summed E-state index contributed by atoms with van der Waals surface area (Å²) in [5.74, 6) is 0.960. The maximum atomic E-state index is 12.9. The smallest absolute Gasteiger partial charge is 0.241 e. The number of nitrogens with zero attached hydrogens (tertiary/aromatic N) is 2. The van der Waals surface area contributed by atoms with Gasteiger partial charge in [-0.1, -0.05) is 0 Å². The Morgan fingerprint density at radius 2 is 2.12 bits per heavy atom. The number of hydrogen-bond donors (Lipinski definition) is 1. The molecule has 1 saturated heterocycles. The zero-order chi connectivity index (χ0) is 17.3. The van der Waals surface area contributed by atoms with E-state index in [-0.39, 0.29) is 11.9 Å². The Morgan fingerprint density at radius 1 is 1.33 bits per heavy atom. The van der Waals surface area contributed by atoms with E-state index in [2.05, 4.69) is 4.90 Å². The van der Waals surface area contributed by atoms with E-state index in [9.17, 15) is 9.90 Å². The van der Waals surface area contributed by atoms with Crippen LogP contribution < -0.4 is 9.64 Å². The number of likely N-dealkylation sites (tertiary alicyclic amines) is 1. The summed E-state index contributed by atoms with van der Waals surface area (Å²) < 4.78 is 5.30. The van der Waals surface area contributed by atoms with Gasteiger partial charge in [0.05, 0.1) is 19.3 Å². The van der Waals surface area contributed by atoms with Crippen LogP contribution in [0.2, 0.25) is 0 Å². The lowest BCUT2D eigenvalue weighted by atomic mass is 9.96. The van der Waals surface area contributed by atoms with Crippen molar-refractivity contribution in [2.75, 3.05) is 31.6 Å². The first-order valence-electron chi connectivity index (χ1n) is 8.84. The van der Waals surface area contributed by atoms with Gasteiger partial charge >= 0.3 is 0 Å². The number of fused-ring (bicyclic) bond motifs is 1. The second-order valence-electron chi connectivity index (χ2n) is 7.43. The van der Waals surface area contributed by atoms with E-state index in [1.54, 1.807) is 7.11 Å². The van der Waals surface area contributed by atoms with Crippen molar-refractivity contribution in [3.05, 3.63) is 23.8 Å². The van der Waals surface area contributed by atoms with Crippen LogP contribution in [-0.2, 0) is 11.2 Å². The van der Waals surface area contributed by atoms with Crippen molar-refractivity contribution in [1.82, 2.24) is 4.90 Å². The summed E-state index contributed by atoms with van der Waals surface area (Å²) >= 11 is 0. The van der Waals surface area contributed by atoms with Crippen LogP contribution in [0.3, 0.4) is 0 Å². The molecule has 0 bridgehead atoms. The van der Waals surface area contributed by atoms with Crippen molar-refractivity contribution in [3.8, 4) is 5.75 Å². The van der Waals surface area contributed by atoms with Crippen molar-refractivity contribution in [2.24, 2.45) is 0 Å². The van der Waals surface area contributed by atoms with E-state index < -0.39 is 5.60 Å². The minimum absolute atomic E-state index is 0.0570. The van der Waals surface area contributed by atoms with Crippen LogP contribution >= 0.6 is 0 Å². The van der Waals surface area contributed by atoms with Gasteiger partial charge in [0.15, 0.2) is 0 Å². The van der Waals surface area contributed by atoms with Crippen LogP contribution in [0.25, 0.3) is 0 Å². The van der Waals surface area contributed by atoms with Gasteiger partial charge in [-0.25, -0.2) is 0 Å². The number of ether oxygens (including phenoxy) is 1. The molecular formula is C19H28N2O3. The van der Waals surface area contributed by atoms with Crippen molar-refractivity contribution < 1.29 is 14.6 Å². The number of anilines is 1. The third-order valence-electron chi connectivity index (χ3n) is 5.22. The van der Waals surface area contributed by atoms with Gasteiger partial charge in [0, 0.05) is 18.3 Å². The molecule has 0 aliphatic carbocycles. The van der Waals surface area contributed by atoms with Crippen LogP contribution in [0.15, 0.2) is 18.2 Å². The van der Waals surface area contributed by atoms with Crippen LogP contribution in [0, 0.1) is 0 Å². The Hall–Kier alpha value is -1.59. The van der Waals surface area contributed by atoms with E-state index in [1.807, 2.05) is 36.9 Å². The summed E-state index contributed by atoms with van der Waals surface area (Å²) in [6.07, 6.45) is 3.94. The topological polar surface area (TPSA) is 53.0 Å². The average Bonchev–Trinajstić information content (AvgIpc) is 3.02. The molecule has 2 heterocycles. The quantitative estimate of drug-likeness (QED) is 0.918. The van der Waals surface area contributed by atoms with E-state index in [0.29, 0.717) is 6.54 Å². The molecule has 5 heteroatoms. The average molecular weight is 332 g/mol. The molecule has 24 heavy (non-hydrogen) atoms. The fourth-order valence-corrected chi connectivity index (χ4v) is 4.03. The molecule has 2 aliphatic rings. The number of methoxy groups -OCH3 is 1. The molecule has 1 atom stereocenters. The third kappa shape index (κ3) is 3.42. The Balaban J connectivity index is 1.75. The zero-order valence-electron chi connectivity index (χ0n) is 14.9. The lowest BCUT2D eigenvalue weighted by Gasteiger charge is -2.36. The fourth-order valence-electron chi connectivity index (χ4n) is 4.03. The third-order valence-corrected chi connectivity index (χ3v) is 5.22. The number of amides is 1. The van der Waals surface area contributed by atoms with Crippen LogP contribution in [0.1, 0.15) is 38.7 Å².